The maximum absolute atomic E-state index is 5.85. The number of nitrogens with two attached hydrogens (primary N) is 1. The van der Waals surface area contributed by atoms with Crippen LogP contribution in [0.1, 0.15) is 11.4 Å². The lowest BCUT2D eigenvalue weighted by atomic mass is 10.2. The number of nitrogens with zero attached hydrogens (tertiary/aromatic N) is 2. The normalized spacial score (nSPS) is 11.2. The highest BCUT2D eigenvalue weighted by Gasteiger charge is 1.98. The molecule has 0 aliphatic heterocycles. The van der Waals surface area contributed by atoms with Crippen molar-refractivity contribution >= 4 is 40.3 Å². The van der Waals surface area contributed by atoms with Gasteiger partial charge in [0.15, 0.2) is 5.82 Å². The lowest BCUT2D eigenvalue weighted by molar-refractivity contribution is 1.19. The predicted octanol–water partition coefficient (Wildman–Crippen LogP) is 4.04. The molecule has 0 aliphatic carbocycles. The molecule has 0 bridgehead atoms. The molecule has 0 unspecified atom stereocenters. The van der Waals surface area contributed by atoms with Crippen molar-refractivity contribution in [2.75, 3.05) is 5.73 Å². The van der Waals surface area contributed by atoms with Crippen molar-refractivity contribution in [1.29, 1.82) is 0 Å². The smallest absolute Gasteiger partial charge is 0.152 e. The summed E-state index contributed by atoms with van der Waals surface area (Å²) in [6.45, 7) is 0. The summed E-state index contributed by atoms with van der Waals surface area (Å²) in [5.74, 6) is 0.651. The number of nitrogen functional groups attached to an aromatic ring is 1. The van der Waals surface area contributed by atoms with Crippen molar-refractivity contribution < 1.29 is 0 Å². The standard InChI is InChI=1S/C16H12ClN3/c17-13-5-1-11(2-6-13)3-8-16-19-10-12-4-7-14(18)9-15(12)20-16/h1-10H,18H2/b8-3+. The molecule has 0 atom stereocenters. The lowest BCUT2D eigenvalue weighted by Crippen LogP contribution is -1.90. The van der Waals surface area contributed by atoms with Gasteiger partial charge in [-0.25, -0.2) is 9.97 Å². The molecule has 20 heavy (non-hydrogen) atoms. The number of anilines is 1. The van der Waals surface area contributed by atoms with E-state index in [0.717, 1.165) is 21.5 Å². The van der Waals surface area contributed by atoms with Crippen LogP contribution in [0, 0.1) is 0 Å². The van der Waals surface area contributed by atoms with Crippen molar-refractivity contribution in [3.8, 4) is 0 Å². The molecule has 0 radical (unpaired) electrons. The molecular weight excluding hydrogens is 270 g/mol. The molecule has 0 aliphatic rings. The van der Waals surface area contributed by atoms with Crippen LogP contribution in [0.2, 0.25) is 5.02 Å². The molecule has 0 amide bonds. The first-order valence-corrected chi connectivity index (χ1v) is 6.54. The van der Waals surface area contributed by atoms with Gasteiger partial charge in [0.1, 0.15) is 0 Å². The first-order valence-electron chi connectivity index (χ1n) is 6.17. The number of fused-ring (bicyclic) bond motifs is 1. The summed E-state index contributed by atoms with van der Waals surface area (Å²) in [5.41, 5.74) is 8.35. The summed E-state index contributed by atoms with van der Waals surface area (Å²) in [6, 6.07) is 13.2. The fraction of sp³-hybridized carbons (Fsp3) is 0. The largest absolute Gasteiger partial charge is 0.399 e. The van der Waals surface area contributed by atoms with Crippen LogP contribution in [-0.2, 0) is 0 Å². The van der Waals surface area contributed by atoms with Crippen molar-refractivity contribution in [1.82, 2.24) is 9.97 Å². The highest BCUT2D eigenvalue weighted by atomic mass is 35.5. The van der Waals surface area contributed by atoms with Gasteiger partial charge in [-0.3, -0.25) is 0 Å². The number of hydrogen-bond acceptors (Lipinski definition) is 3. The Morgan fingerprint density at radius 3 is 2.60 bits per heavy atom. The van der Waals surface area contributed by atoms with Gasteiger partial charge in [-0.15, -0.1) is 0 Å². The van der Waals surface area contributed by atoms with Gasteiger partial charge < -0.3 is 5.73 Å². The molecule has 0 fully saturated rings. The second-order valence-electron chi connectivity index (χ2n) is 4.43. The Bertz CT molecular complexity index is 779. The van der Waals surface area contributed by atoms with E-state index in [4.69, 9.17) is 17.3 Å². The second-order valence-corrected chi connectivity index (χ2v) is 4.87. The highest BCUT2D eigenvalue weighted by Crippen LogP contribution is 2.16. The van der Waals surface area contributed by atoms with E-state index in [1.807, 2.05) is 54.6 Å². The van der Waals surface area contributed by atoms with Crippen LogP contribution in [0.15, 0.2) is 48.7 Å². The Morgan fingerprint density at radius 1 is 1.00 bits per heavy atom. The van der Waals surface area contributed by atoms with Gasteiger partial charge in [0.2, 0.25) is 0 Å². The minimum absolute atomic E-state index is 0.651. The van der Waals surface area contributed by atoms with E-state index in [0.29, 0.717) is 11.5 Å². The van der Waals surface area contributed by atoms with Crippen molar-refractivity contribution in [3.63, 3.8) is 0 Å². The maximum atomic E-state index is 5.85. The quantitative estimate of drug-likeness (QED) is 0.721. The van der Waals surface area contributed by atoms with E-state index >= 15 is 0 Å². The summed E-state index contributed by atoms with van der Waals surface area (Å²) >= 11 is 5.85. The van der Waals surface area contributed by atoms with Crippen LogP contribution in [-0.4, -0.2) is 9.97 Å². The number of benzene rings is 2. The molecule has 3 aromatic rings. The van der Waals surface area contributed by atoms with Gasteiger partial charge in [0.25, 0.3) is 0 Å². The molecule has 2 aromatic carbocycles. The summed E-state index contributed by atoms with van der Waals surface area (Å²) in [6.07, 6.45) is 5.61. The summed E-state index contributed by atoms with van der Waals surface area (Å²) in [4.78, 5) is 8.77. The number of hydrogen-bond donors (Lipinski definition) is 1. The number of aromatic nitrogens is 2. The van der Waals surface area contributed by atoms with E-state index in [9.17, 15) is 0 Å². The molecule has 4 heteroatoms. The zero-order valence-corrected chi connectivity index (χ0v) is 11.4. The van der Waals surface area contributed by atoms with Crippen LogP contribution in [0.3, 0.4) is 0 Å². The first kappa shape index (κ1) is 12.6. The van der Waals surface area contributed by atoms with Crippen molar-refractivity contribution in [2.24, 2.45) is 0 Å². The maximum Gasteiger partial charge on any atom is 0.152 e. The average molecular weight is 282 g/mol. The summed E-state index contributed by atoms with van der Waals surface area (Å²) < 4.78 is 0. The Morgan fingerprint density at radius 2 is 1.80 bits per heavy atom. The van der Waals surface area contributed by atoms with Crippen molar-refractivity contribution in [2.45, 2.75) is 0 Å². The molecule has 0 saturated heterocycles. The van der Waals surface area contributed by atoms with E-state index in [-0.39, 0.29) is 0 Å². The molecule has 3 nitrogen and oxygen atoms in total. The third-order valence-electron chi connectivity index (χ3n) is 2.92. The fourth-order valence-electron chi connectivity index (χ4n) is 1.88. The number of halogens is 1. The Balaban J connectivity index is 1.92. The van der Waals surface area contributed by atoms with Gasteiger partial charge in [0.05, 0.1) is 5.52 Å². The van der Waals surface area contributed by atoms with Crippen LogP contribution < -0.4 is 5.73 Å². The molecule has 98 valence electrons. The molecule has 1 heterocycles. The lowest BCUT2D eigenvalue weighted by Gasteiger charge is -2.00. The molecular formula is C16H12ClN3. The fourth-order valence-corrected chi connectivity index (χ4v) is 2.01. The molecule has 0 spiro atoms. The highest BCUT2D eigenvalue weighted by molar-refractivity contribution is 6.30. The van der Waals surface area contributed by atoms with Gasteiger partial charge in [0, 0.05) is 22.3 Å². The SMILES string of the molecule is Nc1ccc2cnc(/C=C/c3ccc(Cl)cc3)nc2c1. The first-order chi connectivity index (χ1) is 9.70. The van der Waals surface area contributed by atoms with E-state index in [2.05, 4.69) is 9.97 Å². The van der Waals surface area contributed by atoms with E-state index in [1.165, 1.54) is 0 Å². The van der Waals surface area contributed by atoms with Crippen molar-refractivity contribution in [3.05, 3.63) is 65.1 Å². The molecule has 2 N–H and O–H groups in total. The molecule has 1 aromatic heterocycles. The van der Waals surface area contributed by atoms with E-state index < -0.39 is 0 Å². The third kappa shape index (κ3) is 2.78. The zero-order valence-electron chi connectivity index (χ0n) is 10.6. The number of rotatable bonds is 2. The Labute approximate surface area is 121 Å². The average Bonchev–Trinajstić information content (AvgIpc) is 2.46. The van der Waals surface area contributed by atoms with Gasteiger partial charge >= 0.3 is 0 Å². The van der Waals surface area contributed by atoms with Gasteiger partial charge in [-0.05, 0) is 42.0 Å². The third-order valence-corrected chi connectivity index (χ3v) is 3.17. The molecule has 0 saturated carbocycles. The van der Waals surface area contributed by atoms with Crippen LogP contribution in [0.25, 0.3) is 23.1 Å². The second kappa shape index (κ2) is 5.31. The Kier molecular flexibility index (Phi) is 3.35. The van der Waals surface area contributed by atoms with E-state index in [1.54, 1.807) is 6.20 Å². The summed E-state index contributed by atoms with van der Waals surface area (Å²) in [5, 5.41) is 1.70. The predicted molar refractivity (Wildman–Crippen MR) is 84.3 cm³/mol. The van der Waals surface area contributed by atoms with Gasteiger partial charge in [-0.2, -0.15) is 0 Å². The van der Waals surface area contributed by atoms with Crippen LogP contribution >= 0.6 is 11.6 Å². The summed E-state index contributed by atoms with van der Waals surface area (Å²) in [7, 11) is 0. The minimum atomic E-state index is 0.651. The zero-order chi connectivity index (χ0) is 13.9. The van der Waals surface area contributed by atoms with Crippen LogP contribution in [0.5, 0.6) is 0 Å². The van der Waals surface area contributed by atoms with Gasteiger partial charge in [-0.1, -0.05) is 29.8 Å². The topological polar surface area (TPSA) is 51.8 Å². The molecule has 3 rings (SSSR count). The monoisotopic (exact) mass is 281 g/mol. The van der Waals surface area contributed by atoms with Crippen LogP contribution in [0.4, 0.5) is 5.69 Å². The Hall–Kier alpha value is -2.39. The minimum Gasteiger partial charge on any atom is -0.399 e.